The molecule has 0 aliphatic rings. The lowest BCUT2D eigenvalue weighted by atomic mass is 10.1. The molecule has 0 fully saturated rings. The van der Waals surface area contributed by atoms with Crippen molar-refractivity contribution in [3.63, 3.8) is 0 Å². The first-order chi connectivity index (χ1) is 7.74. The number of carbonyl (C=O) groups excluding carboxylic acids is 1. The average Bonchev–Trinajstić information content (AvgIpc) is 2.29. The second kappa shape index (κ2) is 6.80. The lowest BCUT2D eigenvalue weighted by Crippen LogP contribution is -2.33. The molecule has 3 heteroatoms. The Balaban J connectivity index is 2.28. The third-order valence-corrected chi connectivity index (χ3v) is 2.31. The second-order valence-corrected chi connectivity index (χ2v) is 3.62. The van der Waals surface area contributed by atoms with Crippen LogP contribution in [0.5, 0.6) is 0 Å². The van der Waals surface area contributed by atoms with E-state index in [-0.39, 0.29) is 5.91 Å². The molecule has 0 radical (unpaired) electrons. The summed E-state index contributed by atoms with van der Waals surface area (Å²) in [6, 6.07) is 8.14. The molecule has 1 rings (SSSR count). The fourth-order valence-electron chi connectivity index (χ4n) is 1.37. The van der Waals surface area contributed by atoms with Crippen molar-refractivity contribution in [1.29, 1.82) is 0 Å². The Labute approximate surface area is 96.6 Å². The van der Waals surface area contributed by atoms with Gasteiger partial charge in [-0.1, -0.05) is 30.3 Å². The lowest BCUT2D eigenvalue weighted by Gasteiger charge is -2.07. The standard InChI is InChI=1S/C13H18N2O/c1-3-8-15-13(16)10-14-9-12-7-5-4-6-11(12)2/h3-7,14H,1,8-10H2,2H3,(H,15,16). The number of rotatable bonds is 6. The van der Waals surface area contributed by atoms with Crippen molar-refractivity contribution in [3.8, 4) is 0 Å². The van der Waals surface area contributed by atoms with E-state index in [1.807, 2.05) is 12.1 Å². The molecule has 16 heavy (non-hydrogen) atoms. The minimum Gasteiger partial charge on any atom is -0.352 e. The SMILES string of the molecule is C=CCNC(=O)CNCc1ccccc1C. The average molecular weight is 218 g/mol. The fourth-order valence-corrected chi connectivity index (χ4v) is 1.37. The number of nitrogens with one attached hydrogen (secondary N) is 2. The second-order valence-electron chi connectivity index (χ2n) is 3.62. The van der Waals surface area contributed by atoms with Crippen molar-refractivity contribution in [2.75, 3.05) is 13.1 Å². The molecule has 0 unspecified atom stereocenters. The summed E-state index contributed by atoms with van der Waals surface area (Å²) in [5, 5.41) is 5.82. The molecule has 0 saturated carbocycles. The van der Waals surface area contributed by atoms with Gasteiger partial charge in [0.05, 0.1) is 6.54 Å². The highest BCUT2D eigenvalue weighted by molar-refractivity contribution is 5.78. The quantitative estimate of drug-likeness (QED) is 0.708. The van der Waals surface area contributed by atoms with E-state index in [1.165, 1.54) is 11.1 Å². The van der Waals surface area contributed by atoms with Gasteiger partial charge >= 0.3 is 0 Å². The normalized spacial score (nSPS) is 9.81. The summed E-state index contributed by atoms with van der Waals surface area (Å²) in [4.78, 5) is 11.3. The minimum atomic E-state index is -0.00603. The number of hydrogen-bond acceptors (Lipinski definition) is 2. The molecule has 1 aromatic carbocycles. The Morgan fingerprint density at radius 1 is 1.44 bits per heavy atom. The van der Waals surface area contributed by atoms with Crippen molar-refractivity contribution in [3.05, 3.63) is 48.0 Å². The zero-order valence-corrected chi connectivity index (χ0v) is 9.62. The van der Waals surface area contributed by atoms with E-state index in [9.17, 15) is 4.79 Å². The maximum Gasteiger partial charge on any atom is 0.234 e. The molecular weight excluding hydrogens is 200 g/mol. The molecule has 3 nitrogen and oxygen atoms in total. The van der Waals surface area contributed by atoms with Crippen molar-refractivity contribution < 1.29 is 4.79 Å². The van der Waals surface area contributed by atoms with E-state index in [0.29, 0.717) is 19.6 Å². The van der Waals surface area contributed by atoms with E-state index in [0.717, 1.165) is 0 Å². The van der Waals surface area contributed by atoms with Crippen molar-refractivity contribution in [1.82, 2.24) is 10.6 Å². The summed E-state index contributed by atoms with van der Waals surface area (Å²) in [6.45, 7) is 7.17. The Morgan fingerprint density at radius 2 is 2.19 bits per heavy atom. The molecule has 0 bridgehead atoms. The topological polar surface area (TPSA) is 41.1 Å². The summed E-state index contributed by atoms with van der Waals surface area (Å²) in [5.74, 6) is -0.00603. The van der Waals surface area contributed by atoms with Gasteiger partial charge in [-0.3, -0.25) is 4.79 Å². The van der Waals surface area contributed by atoms with Gasteiger partial charge in [0.25, 0.3) is 0 Å². The fraction of sp³-hybridized carbons (Fsp3) is 0.308. The van der Waals surface area contributed by atoms with Crippen LogP contribution in [-0.4, -0.2) is 19.0 Å². The maximum absolute atomic E-state index is 11.3. The van der Waals surface area contributed by atoms with Gasteiger partial charge in [0.2, 0.25) is 5.91 Å². The van der Waals surface area contributed by atoms with Crippen LogP contribution in [0.4, 0.5) is 0 Å². The molecule has 0 aliphatic carbocycles. The van der Waals surface area contributed by atoms with Gasteiger partial charge in [0.15, 0.2) is 0 Å². The summed E-state index contributed by atoms with van der Waals surface area (Å²) >= 11 is 0. The van der Waals surface area contributed by atoms with Gasteiger partial charge in [-0.15, -0.1) is 6.58 Å². The highest BCUT2D eigenvalue weighted by Crippen LogP contribution is 2.05. The van der Waals surface area contributed by atoms with Crippen LogP contribution in [0.2, 0.25) is 0 Å². The van der Waals surface area contributed by atoms with E-state index in [2.05, 4.69) is 36.3 Å². The molecule has 86 valence electrons. The van der Waals surface area contributed by atoms with Gasteiger partial charge < -0.3 is 10.6 Å². The molecular formula is C13H18N2O. The highest BCUT2D eigenvalue weighted by Gasteiger charge is 2.00. The van der Waals surface area contributed by atoms with Crippen LogP contribution in [0.1, 0.15) is 11.1 Å². The van der Waals surface area contributed by atoms with Gasteiger partial charge in [-0.25, -0.2) is 0 Å². The molecule has 0 aromatic heterocycles. The zero-order chi connectivity index (χ0) is 11.8. The van der Waals surface area contributed by atoms with Crippen molar-refractivity contribution in [2.24, 2.45) is 0 Å². The number of amides is 1. The van der Waals surface area contributed by atoms with E-state index < -0.39 is 0 Å². The van der Waals surface area contributed by atoms with Crippen LogP contribution in [0, 0.1) is 6.92 Å². The summed E-state index contributed by atoms with van der Waals surface area (Å²) in [5.41, 5.74) is 2.46. The smallest absolute Gasteiger partial charge is 0.234 e. The zero-order valence-electron chi connectivity index (χ0n) is 9.62. The number of hydrogen-bond donors (Lipinski definition) is 2. The van der Waals surface area contributed by atoms with E-state index in [4.69, 9.17) is 0 Å². The molecule has 0 atom stereocenters. The van der Waals surface area contributed by atoms with Crippen LogP contribution < -0.4 is 10.6 Å². The third kappa shape index (κ3) is 4.28. The molecule has 1 aromatic rings. The van der Waals surface area contributed by atoms with Gasteiger partial charge in [-0.2, -0.15) is 0 Å². The first-order valence-corrected chi connectivity index (χ1v) is 5.37. The first kappa shape index (κ1) is 12.5. The van der Waals surface area contributed by atoms with E-state index in [1.54, 1.807) is 6.08 Å². The molecule has 0 spiro atoms. The number of carbonyl (C=O) groups is 1. The first-order valence-electron chi connectivity index (χ1n) is 5.37. The Kier molecular flexibility index (Phi) is 5.29. The van der Waals surface area contributed by atoms with Crippen LogP contribution in [0.25, 0.3) is 0 Å². The van der Waals surface area contributed by atoms with Crippen LogP contribution >= 0.6 is 0 Å². The lowest BCUT2D eigenvalue weighted by molar-refractivity contribution is -0.120. The van der Waals surface area contributed by atoms with Crippen LogP contribution in [0.15, 0.2) is 36.9 Å². The number of benzene rings is 1. The molecule has 1 amide bonds. The monoisotopic (exact) mass is 218 g/mol. The predicted octanol–water partition coefficient (Wildman–Crippen LogP) is 1.39. The molecule has 2 N–H and O–H groups in total. The molecule has 0 aliphatic heterocycles. The van der Waals surface area contributed by atoms with Crippen molar-refractivity contribution >= 4 is 5.91 Å². The van der Waals surface area contributed by atoms with Gasteiger partial charge in [0.1, 0.15) is 0 Å². The predicted molar refractivity (Wildman–Crippen MR) is 66.1 cm³/mol. The highest BCUT2D eigenvalue weighted by atomic mass is 16.1. The summed E-state index contributed by atoms with van der Waals surface area (Å²) in [6.07, 6.45) is 1.67. The minimum absolute atomic E-state index is 0.00603. The van der Waals surface area contributed by atoms with Gasteiger partial charge in [-0.05, 0) is 18.1 Å². The number of aryl methyl sites for hydroxylation is 1. The van der Waals surface area contributed by atoms with Crippen molar-refractivity contribution in [2.45, 2.75) is 13.5 Å². The van der Waals surface area contributed by atoms with Crippen LogP contribution in [-0.2, 0) is 11.3 Å². The Morgan fingerprint density at radius 3 is 2.88 bits per heavy atom. The largest absolute Gasteiger partial charge is 0.352 e. The van der Waals surface area contributed by atoms with E-state index >= 15 is 0 Å². The third-order valence-electron chi connectivity index (χ3n) is 2.31. The maximum atomic E-state index is 11.3. The van der Waals surface area contributed by atoms with Crippen LogP contribution in [0.3, 0.4) is 0 Å². The molecule has 0 saturated heterocycles. The Bertz CT molecular complexity index is 361. The summed E-state index contributed by atoms with van der Waals surface area (Å²) in [7, 11) is 0. The van der Waals surface area contributed by atoms with Gasteiger partial charge in [0, 0.05) is 13.1 Å². The molecule has 0 heterocycles. The Hall–Kier alpha value is -1.61. The summed E-state index contributed by atoms with van der Waals surface area (Å²) < 4.78 is 0.